The van der Waals surface area contributed by atoms with Crippen LogP contribution in [0.2, 0.25) is 0 Å². The summed E-state index contributed by atoms with van der Waals surface area (Å²) in [5.74, 6) is -1.39. The molecule has 2 aromatic rings. The van der Waals surface area contributed by atoms with Gasteiger partial charge in [0, 0.05) is 12.2 Å². The number of carbonyl (C=O) groups excluding carboxylic acids is 2. The first-order valence-corrected chi connectivity index (χ1v) is 8.00. The number of benzene rings is 2. The van der Waals surface area contributed by atoms with Crippen molar-refractivity contribution in [2.75, 3.05) is 5.32 Å². The summed E-state index contributed by atoms with van der Waals surface area (Å²) in [6, 6.07) is 14.7. The number of carbonyl (C=O) groups is 2. The minimum atomic E-state index is -0.700. The lowest BCUT2D eigenvalue weighted by atomic mass is 10.1. The second-order valence-corrected chi connectivity index (χ2v) is 5.47. The van der Waals surface area contributed by atoms with Gasteiger partial charge < -0.3 is 15.7 Å². The number of nitrogens with one attached hydrogen (secondary N) is 2. The molecule has 0 radical (unpaired) electrons. The van der Waals surface area contributed by atoms with Gasteiger partial charge in [0.05, 0.1) is 6.61 Å². The van der Waals surface area contributed by atoms with Gasteiger partial charge in [-0.2, -0.15) is 0 Å². The zero-order chi connectivity index (χ0) is 17.4. The summed E-state index contributed by atoms with van der Waals surface area (Å²) >= 11 is 0. The molecule has 2 aromatic carbocycles. The third-order valence-electron chi connectivity index (χ3n) is 3.72. The van der Waals surface area contributed by atoms with Gasteiger partial charge in [-0.1, -0.05) is 55.8 Å². The van der Waals surface area contributed by atoms with Crippen LogP contribution >= 0.6 is 0 Å². The van der Waals surface area contributed by atoms with Crippen LogP contribution in [0.3, 0.4) is 0 Å². The Labute approximate surface area is 141 Å². The summed E-state index contributed by atoms with van der Waals surface area (Å²) in [5, 5.41) is 14.5. The molecule has 0 atom stereocenters. The molecule has 5 nitrogen and oxygen atoms in total. The van der Waals surface area contributed by atoms with Crippen LogP contribution < -0.4 is 10.6 Å². The van der Waals surface area contributed by atoms with Gasteiger partial charge in [0.1, 0.15) is 0 Å². The average molecular weight is 326 g/mol. The van der Waals surface area contributed by atoms with Gasteiger partial charge in [-0.05, 0) is 29.2 Å². The largest absolute Gasteiger partial charge is 0.392 e. The molecule has 5 heteroatoms. The molecule has 0 heterocycles. The monoisotopic (exact) mass is 326 g/mol. The lowest BCUT2D eigenvalue weighted by Crippen LogP contribution is -2.35. The number of para-hydroxylation sites is 1. The summed E-state index contributed by atoms with van der Waals surface area (Å²) in [6.45, 7) is 2.14. The van der Waals surface area contributed by atoms with Crippen molar-refractivity contribution in [1.29, 1.82) is 0 Å². The van der Waals surface area contributed by atoms with Crippen molar-refractivity contribution in [3.05, 3.63) is 65.2 Å². The molecule has 126 valence electrons. The molecule has 3 N–H and O–H groups in total. The molecule has 0 spiro atoms. The molecular formula is C19H22N2O3. The number of amides is 2. The zero-order valence-electron chi connectivity index (χ0n) is 13.7. The third kappa shape index (κ3) is 4.67. The molecule has 0 saturated heterocycles. The molecule has 0 aliphatic carbocycles. The molecule has 0 aliphatic heterocycles. The van der Waals surface area contributed by atoms with Crippen molar-refractivity contribution >= 4 is 17.5 Å². The van der Waals surface area contributed by atoms with E-state index < -0.39 is 11.8 Å². The fourth-order valence-electron chi connectivity index (χ4n) is 2.45. The van der Waals surface area contributed by atoms with Crippen LogP contribution in [0.4, 0.5) is 5.69 Å². The van der Waals surface area contributed by atoms with Crippen LogP contribution in [0.25, 0.3) is 0 Å². The predicted molar refractivity (Wildman–Crippen MR) is 93.3 cm³/mol. The molecule has 0 saturated carbocycles. The van der Waals surface area contributed by atoms with Crippen molar-refractivity contribution in [1.82, 2.24) is 5.32 Å². The number of hydrogen-bond acceptors (Lipinski definition) is 3. The smallest absolute Gasteiger partial charge is 0.313 e. The maximum Gasteiger partial charge on any atom is 0.313 e. The van der Waals surface area contributed by atoms with Crippen molar-refractivity contribution in [3.63, 3.8) is 0 Å². The Balaban J connectivity index is 1.97. The van der Waals surface area contributed by atoms with E-state index in [4.69, 9.17) is 0 Å². The van der Waals surface area contributed by atoms with Gasteiger partial charge in [-0.25, -0.2) is 0 Å². The average Bonchev–Trinajstić information content (AvgIpc) is 2.61. The minimum absolute atomic E-state index is 0.108. The van der Waals surface area contributed by atoms with Crippen LogP contribution in [0.15, 0.2) is 48.5 Å². The number of aliphatic hydroxyl groups excluding tert-OH is 1. The van der Waals surface area contributed by atoms with Gasteiger partial charge in [-0.15, -0.1) is 0 Å². The summed E-state index contributed by atoms with van der Waals surface area (Å²) < 4.78 is 0. The molecule has 0 aliphatic rings. The van der Waals surface area contributed by atoms with E-state index in [9.17, 15) is 14.7 Å². The lowest BCUT2D eigenvalue weighted by Gasteiger charge is -2.11. The fourth-order valence-corrected chi connectivity index (χ4v) is 2.45. The highest BCUT2D eigenvalue weighted by atomic mass is 16.3. The molecule has 0 aromatic heterocycles. The van der Waals surface area contributed by atoms with Crippen LogP contribution in [0.1, 0.15) is 30.0 Å². The summed E-state index contributed by atoms with van der Waals surface area (Å²) in [6.07, 6.45) is 1.79. The Morgan fingerprint density at radius 1 is 0.917 bits per heavy atom. The van der Waals surface area contributed by atoms with E-state index in [1.54, 1.807) is 18.2 Å². The Bertz CT molecular complexity index is 713. The van der Waals surface area contributed by atoms with Gasteiger partial charge in [0.15, 0.2) is 0 Å². The first kappa shape index (κ1) is 17.7. The third-order valence-corrected chi connectivity index (χ3v) is 3.72. The van der Waals surface area contributed by atoms with Crippen molar-refractivity contribution in [2.45, 2.75) is 32.9 Å². The number of rotatable bonds is 6. The van der Waals surface area contributed by atoms with Crippen LogP contribution in [-0.4, -0.2) is 16.9 Å². The van der Waals surface area contributed by atoms with E-state index in [1.807, 2.05) is 30.3 Å². The van der Waals surface area contributed by atoms with E-state index in [-0.39, 0.29) is 13.2 Å². The second-order valence-electron chi connectivity index (χ2n) is 5.47. The highest BCUT2D eigenvalue weighted by molar-refractivity contribution is 6.39. The van der Waals surface area contributed by atoms with E-state index in [0.717, 1.165) is 29.5 Å². The highest BCUT2D eigenvalue weighted by Crippen LogP contribution is 2.16. The van der Waals surface area contributed by atoms with E-state index >= 15 is 0 Å². The molecule has 24 heavy (non-hydrogen) atoms. The van der Waals surface area contributed by atoms with E-state index in [0.29, 0.717) is 5.69 Å². The molecule has 2 rings (SSSR count). The van der Waals surface area contributed by atoms with Crippen molar-refractivity contribution in [3.8, 4) is 0 Å². The van der Waals surface area contributed by atoms with Crippen LogP contribution in [-0.2, 0) is 29.2 Å². The van der Waals surface area contributed by atoms with Crippen LogP contribution in [0, 0.1) is 0 Å². The quantitative estimate of drug-likeness (QED) is 0.713. The molecule has 0 fully saturated rings. The second kappa shape index (κ2) is 8.84. The molecular weight excluding hydrogens is 304 g/mol. The summed E-state index contributed by atoms with van der Waals surface area (Å²) in [5.41, 5.74) is 3.18. The normalized spacial score (nSPS) is 10.2. The number of hydrogen-bond donors (Lipinski definition) is 3. The first-order valence-electron chi connectivity index (χ1n) is 8.00. The van der Waals surface area contributed by atoms with Gasteiger partial charge in [0.2, 0.25) is 0 Å². The summed E-state index contributed by atoms with van der Waals surface area (Å²) in [4.78, 5) is 24.1. The Kier molecular flexibility index (Phi) is 6.51. The number of aryl methyl sites for hydroxylation is 1. The SMILES string of the molecule is CCCc1ccccc1NC(=O)C(=O)NCc1ccccc1CO. The van der Waals surface area contributed by atoms with Crippen molar-refractivity contribution in [2.24, 2.45) is 0 Å². The zero-order valence-corrected chi connectivity index (χ0v) is 13.7. The number of aliphatic hydroxyl groups is 1. The Hall–Kier alpha value is -2.66. The lowest BCUT2D eigenvalue weighted by molar-refractivity contribution is -0.136. The standard InChI is InChI=1S/C19H22N2O3/c1-2-7-14-8-5-6-11-17(14)21-19(24)18(23)20-12-15-9-3-4-10-16(15)13-22/h3-6,8-11,22H,2,7,12-13H2,1H3,(H,20,23)(H,21,24). The fraction of sp³-hybridized carbons (Fsp3) is 0.263. The maximum atomic E-state index is 12.1. The highest BCUT2D eigenvalue weighted by Gasteiger charge is 2.15. The van der Waals surface area contributed by atoms with Gasteiger partial charge >= 0.3 is 11.8 Å². The predicted octanol–water partition coefficient (Wildman–Crippen LogP) is 2.39. The van der Waals surface area contributed by atoms with Gasteiger partial charge in [0.25, 0.3) is 0 Å². The Morgan fingerprint density at radius 3 is 2.21 bits per heavy atom. The minimum Gasteiger partial charge on any atom is -0.392 e. The van der Waals surface area contributed by atoms with Crippen LogP contribution in [0.5, 0.6) is 0 Å². The molecule has 0 unspecified atom stereocenters. The maximum absolute atomic E-state index is 12.1. The van der Waals surface area contributed by atoms with Crippen molar-refractivity contribution < 1.29 is 14.7 Å². The number of anilines is 1. The Morgan fingerprint density at radius 2 is 1.54 bits per heavy atom. The van der Waals surface area contributed by atoms with E-state index in [1.165, 1.54) is 0 Å². The topological polar surface area (TPSA) is 78.4 Å². The summed E-state index contributed by atoms with van der Waals surface area (Å²) in [7, 11) is 0. The van der Waals surface area contributed by atoms with E-state index in [2.05, 4.69) is 17.6 Å². The first-order chi connectivity index (χ1) is 11.7. The molecule has 2 amide bonds. The molecule has 0 bridgehead atoms. The van der Waals surface area contributed by atoms with Gasteiger partial charge in [-0.3, -0.25) is 9.59 Å².